The van der Waals surface area contributed by atoms with Crippen LogP contribution in [0, 0.1) is 0 Å². The van der Waals surface area contributed by atoms with E-state index in [1.807, 2.05) is 0 Å². The summed E-state index contributed by atoms with van der Waals surface area (Å²) in [6.45, 7) is 1.03. The molecule has 1 aromatic rings. The van der Waals surface area contributed by atoms with Gasteiger partial charge in [0.25, 0.3) is 0 Å². The van der Waals surface area contributed by atoms with Crippen LogP contribution in [-0.2, 0) is 9.84 Å². The van der Waals surface area contributed by atoms with Crippen molar-refractivity contribution < 1.29 is 13.5 Å². The van der Waals surface area contributed by atoms with Crippen molar-refractivity contribution >= 4 is 21.2 Å². The molecule has 0 radical (unpaired) electrons. The molecule has 0 aliphatic heterocycles. The van der Waals surface area contributed by atoms with Gasteiger partial charge in [0.1, 0.15) is 0 Å². The first-order valence-electron chi connectivity index (χ1n) is 6.39. The van der Waals surface area contributed by atoms with Crippen LogP contribution in [0.1, 0.15) is 25.7 Å². The van der Waals surface area contributed by atoms with Crippen LogP contribution < -0.4 is 11.1 Å². The van der Waals surface area contributed by atoms with Crippen molar-refractivity contribution in [2.45, 2.75) is 30.6 Å². The number of nitrogen functional groups attached to an aromatic ring is 1. The number of hydrogen-bond acceptors (Lipinski definition) is 5. The fraction of sp³-hybridized carbons (Fsp3) is 0.538. The third-order valence-corrected chi connectivity index (χ3v) is 3.96. The minimum absolute atomic E-state index is 0.235. The highest BCUT2D eigenvalue weighted by Gasteiger charge is 2.09. The number of aliphatic hydroxyl groups is 1. The lowest BCUT2D eigenvalue weighted by molar-refractivity contribution is 0.283. The summed E-state index contributed by atoms with van der Waals surface area (Å²) in [4.78, 5) is 0.235. The molecule has 1 rings (SSSR count). The maximum Gasteiger partial charge on any atom is 0.175 e. The molecule has 108 valence electrons. The Balaban J connectivity index is 2.47. The van der Waals surface area contributed by atoms with Crippen LogP contribution in [0.15, 0.2) is 23.1 Å². The minimum Gasteiger partial charge on any atom is -0.397 e. The van der Waals surface area contributed by atoms with Crippen molar-refractivity contribution in [1.29, 1.82) is 0 Å². The van der Waals surface area contributed by atoms with Crippen LogP contribution in [0.4, 0.5) is 11.4 Å². The second-order valence-corrected chi connectivity index (χ2v) is 6.60. The quantitative estimate of drug-likeness (QED) is 0.499. The Labute approximate surface area is 114 Å². The molecule has 0 heterocycles. The average Bonchev–Trinajstić information content (AvgIpc) is 2.34. The van der Waals surface area contributed by atoms with E-state index in [2.05, 4.69) is 5.32 Å². The van der Waals surface area contributed by atoms with Gasteiger partial charge in [-0.2, -0.15) is 0 Å². The maximum absolute atomic E-state index is 11.4. The van der Waals surface area contributed by atoms with Gasteiger partial charge in [-0.25, -0.2) is 8.42 Å². The molecule has 5 nitrogen and oxygen atoms in total. The third-order valence-electron chi connectivity index (χ3n) is 2.85. The second-order valence-electron chi connectivity index (χ2n) is 4.59. The Bertz CT molecular complexity index is 501. The summed E-state index contributed by atoms with van der Waals surface area (Å²) in [5, 5.41) is 11.8. The topological polar surface area (TPSA) is 92.4 Å². The molecule has 0 aliphatic carbocycles. The van der Waals surface area contributed by atoms with Crippen LogP contribution >= 0.6 is 0 Å². The molecule has 1 aromatic carbocycles. The molecule has 0 atom stereocenters. The first-order chi connectivity index (χ1) is 8.95. The molecule has 0 aromatic heterocycles. The van der Waals surface area contributed by atoms with Gasteiger partial charge >= 0.3 is 0 Å². The molecule has 6 heteroatoms. The van der Waals surface area contributed by atoms with E-state index >= 15 is 0 Å². The van der Waals surface area contributed by atoms with Gasteiger partial charge in [0, 0.05) is 19.4 Å². The van der Waals surface area contributed by atoms with Crippen LogP contribution in [0.25, 0.3) is 0 Å². The van der Waals surface area contributed by atoms with Crippen molar-refractivity contribution in [3.63, 3.8) is 0 Å². The van der Waals surface area contributed by atoms with Crippen molar-refractivity contribution in [3.05, 3.63) is 18.2 Å². The molecule has 19 heavy (non-hydrogen) atoms. The molecule has 0 saturated heterocycles. The zero-order valence-electron chi connectivity index (χ0n) is 11.2. The van der Waals surface area contributed by atoms with Crippen LogP contribution in [0.2, 0.25) is 0 Å². The van der Waals surface area contributed by atoms with Gasteiger partial charge in [-0.1, -0.05) is 12.8 Å². The predicted octanol–water partition coefficient (Wildman–Crippen LogP) is 1.64. The number of anilines is 2. The Hall–Kier alpha value is -1.27. The van der Waals surface area contributed by atoms with E-state index in [1.54, 1.807) is 12.1 Å². The van der Waals surface area contributed by atoms with E-state index in [4.69, 9.17) is 10.8 Å². The highest BCUT2D eigenvalue weighted by molar-refractivity contribution is 7.90. The largest absolute Gasteiger partial charge is 0.397 e. The first-order valence-corrected chi connectivity index (χ1v) is 8.28. The summed E-state index contributed by atoms with van der Waals surface area (Å²) < 4.78 is 22.7. The number of nitrogens with two attached hydrogens (primary N) is 1. The van der Waals surface area contributed by atoms with Gasteiger partial charge in [-0.3, -0.25) is 0 Å². The lowest BCUT2D eigenvalue weighted by Crippen LogP contribution is -2.06. The van der Waals surface area contributed by atoms with Crippen molar-refractivity contribution in [3.8, 4) is 0 Å². The number of nitrogens with one attached hydrogen (secondary N) is 1. The van der Waals surface area contributed by atoms with Crippen molar-refractivity contribution in [1.82, 2.24) is 0 Å². The normalized spacial score (nSPS) is 11.5. The van der Waals surface area contributed by atoms with Crippen LogP contribution in [0.3, 0.4) is 0 Å². The Morgan fingerprint density at radius 1 is 1.21 bits per heavy atom. The smallest absolute Gasteiger partial charge is 0.175 e. The SMILES string of the molecule is CS(=O)(=O)c1ccc(NCCCCCCO)c(N)c1. The molecule has 0 aliphatic rings. The maximum atomic E-state index is 11.4. The first kappa shape index (κ1) is 15.8. The lowest BCUT2D eigenvalue weighted by Gasteiger charge is -2.10. The zero-order valence-corrected chi connectivity index (χ0v) is 12.0. The van der Waals surface area contributed by atoms with E-state index in [0.29, 0.717) is 5.69 Å². The van der Waals surface area contributed by atoms with Crippen LogP contribution in [-0.4, -0.2) is 32.9 Å². The minimum atomic E-state index is -3.21. The van der Waals surface area contributed by atoms with Gasteiger partial charge in [-0.15, -0.1) is 0 Å². The summed E-state index contributed by atoms with van der Waals surface area (Å²) >= 11 is 0. The van der Waals surface area contributed by atoms with E-state index < -0.39 is 9.84 Å². The molecule has 0 amide bonds. The molecule has 0 unspecified atom stereocenters. The third kappa shape index (κ3) is 5.48. The van der Waals surface area contributed by atoms with E-state index in [1.165, 1.54) is 6.07 Å². The summed E-state index contributed by atoms with van der Waals surface area (Å²) in [6, 6.07) is 4.72. The molecule has 0 bridgehead atoms. The van der Waals surface area contributed by atoms with Gasteiger partial charge < -0.3 is 16.2 Å². The Morgan fingerprint density at radius 3 is 2.47 bits per heavy atom. The van der Waals surface area contributed by atoms with Gasteiger partial charge in [-0.05, 0) is 31.0 Å². The number of sulfone groups is 1. The average molecular weight is 286 g/mol. The summed E-state index contributed by atoms with van der Waals surface area (Å²) in [6.07, 6.45) is 5.06. The van der Waals surface area contributed by atoms with Crippen molar-refractivity contribution in [2.24, 2.45) is 0 Å². The summed E-state index contributed by atoms with van der Waals surface area (Å²) in [5.74, 6) is 0. The highest BCUT2D eigenvalue weighted by atomic mass is 32.2. The fourth-order valence-corrected chi connectivity index (χ4v) is 2.40. The fourth-order valence-electron chi connectivity index (χ4n) is 1.75. The second kappa shape index (κ2) is 7.35. The molecular weight excluding hydrogens is 264 g/mol. The number of unbranched alkanes of at least 4 members (excludes halogenated alkanes) is 3. The monoisotopic (exact) mass is 286 g/mol. The summed E-state index contributed by atoms with van der Waals surface area (Å²) in [5.41, 5.74) is 7.02. The van der Waals surface area contributed by atoms with E-state index in [-0.39, 0.29) is 11.5 Å². The number of rotatable bonds is 8. The molecule has 0 fully saturated rings. The molecular formula is C13H22N2O3S. The Morgan fingerprint density at radius 2 is 1.89 bits per heavy atom. The number of benzene rings is 1. The standard InChI is InChI=1S/C13H22N2O3S/c1-19(17,18)11-6-7-13(12(14)10-11)15-8-4-2-3-5-9-16/h6-7,10,15-16H,2-5,8-9,14H2,1H3. The van der Waals surface area contributed by atoms with Gasteiger partial charge in [0.15, 0.2) is 9.84 Å². The van der Waals surface area contributed by atoms with E-state index in [9.17, 15) is 8.42 Å². The zero-order chi connectivity index (χ0) is 14.3. The van der Waals surface area contributed by atoms with Crippen molar-refractivity contribution in [2.75, 3.05) is 30.5 Å². The highest BCUT2D eigenvalue weighted by Crippen LogP contribution is 2.22. The Kier molecular flexibility index (Phi) is 6.11. The molecule has 0 saturated carbocycles. The van der Waals surface area contributed by atoms with E-state index in [0.717, 1.165) is 44.2 Å². The summed E-state index contributed by atoms with van der Waals surface area (Å²) in [7, 11) is -3.21. The van der Waals surface area contributed by atoms with Gasteiger partial charge in [0.2, 0.25) is 0 Å². The van der Waals surface area contributed by atoms with Gasteiger partial charge in [0.05, 0.1) is 16.3 Å². The molecule has 4 N–H and O–H groups in total. The number of hydrogen-bond donors (Lipinski definition) is 3. The van der Waals surface area contributed by atoms with Crippen LogP contribution in [0.5, 0.6) is 0 Å². The number of aliphatic hydroxyl groups excluding tert-OH is 1. The lowest BCUT2D eigenvalue weighted by atomic mass is 10.2. The molecule has 0 spiro atoms. The predicted molar refractivity (Wildman–Crippen MR) is 78.0 cm³/mol.